The van der Waals surface area contributed by atoms with Crippen molar-refractivity contribution >= 4 is 25.1 Å². The number of hydrogen-bond donors (Lipinski definition) is 2. The van der Waals surface area contributed by atoms with Crippen molar-refractivity contribution in [3.63, 3.8) is 0 Å². The molecule has 2 aromatic rings. The smallest absolute Gasteiger partial charge is 0.337 e. The van der Waals surface area contributed by atoms with Crippen molar-refractivity contribution < 1.29 is 9.90 Å². The molecular weight excluding hydrogens is 308 g/mol. The van der Waals surface area contributed by atoms with E-state index < -0.39 is 14.0 Å². The zero-order valence-corrected chi connectivity index (χ0v) is 14.9. The highest BCUT2D eigenvalue weighted by Crippen LogP contribution is 2.35. The highest BCUT2D eigenvalue weighted by molar-refractivity contribution is 6.87. The maximum absolute atomic E-state index is 12.2. The number of aromatic amines is 1. The number of pyridine rings is 2. The number of nitrogens with zero attached hydrogens (tertiary/aromatic N) is 1. The highest BCUT2D eigenvalue weighted by atomic mass is 28.3. The molecular formula is C17H20N2O3Si. The van der Waals surface area contributed by atoms with Crippen molar-refractivity contribution in [1.29, 1.82) is 0 Å². The molecule has 0 aliphatic carbocycles. The molecule has 2 heterocycles. The molecule has 0 aromatic carbocycles. The molecule has 0 bridgehead atoms. The number of fused-ring (bicyclic) bond motifs is 1. The van der Waals surface area contributed by atoms with Gasteiger partial charge in [-0.15, -0.1) is 5.54 Å². The van der Waals surface area contributed by atoms with Gasteiger partial charge < -0.3 is 10.1 Å². The van der Waals surface area contributed by atoms with Crippen LogP contribution in [-0.4, -0.2) is 29.1 Å². The van der Waals surface area contributed by atoms with Crippen molar-refractivity contribution in [2.24, 2.45) is 0 Å². The molecule has 0 atom stereocenters. The van der Waals surface area contributed by atoms with E-state index >= 15 is 0 Å². The van der Waals surface area contributed by atoms with Crippen LogP contribution in [0.1, 0.15) is 36.7 Å². The van der Waals surface area contributed by atoms with Crippen LogP contribution in [-0.2, 0) is 0 Å². The fourth-order valence-corrected chi connectivity index (χ4v) is 2.53. The van der Waals surface area contributed by atoms with Crippen molar-refractivity contribution in [3.8, 4) is 11.5 Å². The Kier molecular flexibility index (Phi) is 4.18. The Morgan fingerprint density at radius 3 is 2.52 bits per heavy atom. The second kappa shape index (κ2) is 5.67. The third-order valence-corrected chi connectivity index (χ3v) is 8.82. The summed E-state index contributed by atoms with van der Waals surface area (Å²) in [5, 5.41) is 9.08. The van der Waals surface area contributed by atoms with E-state index in [0.717, 1.165) is 0 Å². The van der Waals surface area contributed by atoms with Gasteiger partial charge in [-0.3, -0.25) is 9.78 Å². The van der Waals surface area contributed by atoms with Gasteiger partial charge >= 0.3 is 5.97 Å². The number of carbonyl (C=O) groups is 1. The number of aromatic carboxylic acids is 1. The van der Waals surface area contributed by atoms with Crippen LogP contribution in [0.3, 0.4) is 0 Å². The lowest BCUT2D eigenvalue weighted by molar-refractivity contribution is 0.0696. The molecule has 0 fully saturated rings. The van der Waals surface area contributed by atoms with Crippen LogP contribution in [0, 0.1) is 11.5 Å². The van der Waals surface area contributed by atoms with E-state index in [2.05, 4.69) is 55.3 Å². The summed E-state index contributed by atoms with van der Waals surface area (Å²) in [5.74, 6) is 1.92. The summed E-state index contributed by atoms with van der Waals surface area (Å²) in [7, 11) is -1.81. The second-order valence-electron chi connectivity index (χ2n) is 7.10. The minimum absolute atomic E-state index is 0.0354. The first-order chi connectivity index (χ1) is 10.5. The third kappa shape index (κ3) is 3.51. The van der Waals surface area contributed by atoms with Crippen molar-refractivity contribution in [1.82, 2.24) is 9.97 Å². The second-order valence-corrected chi connectivity index (χ2v) is 12.1. The number of hydrogen-bond acceptors (Lipinski definition) is 3. The number of aromatic nitrogens is 2. The summed E-state index contributed by atoms with van der Waals surface area (Å²) in [6, 6.07) is 3.01. The first-order valence-corrected chi connectivity index (χ1v) is 10.3. The fraction of sp³-hybridized carbons (Fsp3) is 0.353. The number of carboxylic acids is 1. The summed E-state index contributed by atoms with van der Waals surface area (Å²) in [4.78, 5) is 29.9. The average molecular weight is 328 g/mol. The molecule has 2 aromatic heterocycles. The standard InChI is InChI=1S/C17H20N2O3Si/c1-17(2,3)23(4,5)7-6-11-8-13-14(19-15(11)20)9-12(10-18-13)16(21)22/h8-10H,1-5H3,(H,19,20)(H,21,22). The van der Waals surface area contributed by atoms with Gasteiger partial charge in [0.15, 0.2) is 0 Å². The summed E-state index contributed by atoms with van der Waals surface area (Å²) in [6.45, 7) is 10.8. The number of H-pyrrole nitrogens is 1. The Labute approximate surface area is 135 Å². The monoisotopic (exact) mass is 328 g/mol. The Bertz CT molecular complexity index is 896. The van der Waals surface area contributed by atoms with Crippen LogP contribution in [0.15, 0.2) is 23.1 Å². The Morgan fingerprint density at radius 1 is 1.30 bits per heavy atom. The van der Waals surface area contributed by atoms with Gasteiger partial charge in [0, 0.05) is 6.20 Å². The van der Waals surface area contributed by atoms with Crippen molar-refractivity contribution in [2.75, 3.05) is 0 Å². The van der Waals surface area contributed by atoms with Gasteiger partial charge in [0.25, 0.3) is 5.56 Å². The topological polar surface area (TPSA) is 83.0 Å². The van der Waals surface area contributed by atoms with E-state index in [1.54, 1.807) is 6.07 Å². The van der Waals surface area contributed by atoms with E-state index in [0.29, 0.717) is 16.6 Å². The Balaban J connectivity index is 2.53. The quantitative estimate of drug-likeness (QED) is 0.622. The van der Waals surface area contributed by atoms with Gasteiger partial charge in [-0.2, -0.15) is 0 Å². The summed E-state index contributed by atoms with van der Waals surface area (Å²) < 4.78 is 0. The van der Waals surface area contributed by atoms with Crippen LogP contribution in [0.2, 0.25) is 18.1 Å². The SMILES string of the molecule is CC(C)(C)[Si](C)(C)C#Cc1cc2ncc(C(=O)O)cc2[nH]c1=O. The summed E-state index contributed by atoms with van der Waals surface area (Å²) in [5.41, 5.74) is 4.28. The van der Waals surface area contributed by atoms with E-state index in [9.17, 15) is 9.59 Å². The lowest BCUT2D eigenvalue weighted by Crippen LogP contribution is -2.35. The van der Waals surface area contributed by atoms with Crippen molar-refractivity contribution in [2.45, 2.75) is 38.9 Å². The zero-order chi connectivity index (χ0) is 17.4. The maximum atomic E-state index is 12.2. The number of nitrogens with one attached hydrogen (secondary N) is 1. The minimum atomic E-state index is -1.81. The summed E-state index contributed by atoms with van der Waals surface area (Å²) in [6.07, 6.45) is 1.27. The minimum Gasteiger partial charge on any atom is -0.478 e. The van der Waals surface area contributed by atoms with Gasteiger partial charge in [-0.1, -0.05) is 39.8 Å². The fourth-order valence-electron chi connectivity index (χ4n) is 1.70. The van der Waals surface area contributed by atoms with E-state index in [-0.39, 0.29) is 16.2 Å². The van der Waals surface area contributed by atoms with E-state index in [1.807, 2.05) is 0 Å². The van der Waals surface area contributed by atoms with E-state index in [1.165, 1.54) is 12.3 Å². The van der Waals surface area contributed by atoms with Crippen LogP contribution in [0.4, 0.5) is 0 Å². The largest absolute Gasteiger partial charge is 0.478 e. The predicted octanol–water partition coefficient (Wildman–Crippen LogP) is 3.02. The first-order valence-electron chi connectivity index (χ1n) is 7.31. The van der Waals surface area contributed by atoms with Crippen LogP contribution in [0.25, 0.3) is 11.0 Å². The molecule has 2 rings (SSSR count). The zero-order valence-electron chi connectivity index (χ0n) is 13.9. The van der Waals surface area contributed by atoms with Gasteiger partial charge in [-0.05, 0) is 17.2 Å². The molecule has 120 valence electrons. The molecule has 0 aliphatic heterocycles. The van der Waals surface area contributed by atoms with Gasteiger partial charge in [0.1, 0.15) is 8.07 Å². The molecule has 0 saturated heterocycles. The van der Waals surface area contributed by atoms with Gasteiger partial charge in [0.05, 0.1) is 22.2 Å². The third-order valence-electron chi connectivity index (χ3n) is 4.32. The van der Waals surface area contributed by atoms with E-state index in [4.69, 9.17) is 5.11 Å². The number of carboxylic acid groups (broad SMARTS) is 1. The Morgan fingerprint density at radius 2 is 1.96 bits per heavy atom. The molecule has 0 saturated carbocycles. The summed E-state index contributed by atoms with van der Waals surface area (Å²) >= 11 is 0. The van der Waals surface area contributed by atoms with Crippen LogP contribution >= 0.6 is 0 Å². The molecule has 23 heavy (non-hydrogen) atoms. The normalized spacial score (nSPS) is 11.9. The maximum Gasteiger partial charge on any atom is 0.337 e. The lowest BCUT2D eigenvalue weighted by atomic mass is 10.2. The van der Waals surface area contributed by atoms with Crippen LogP contribution in [0.5, 0.6) is 0 Å². The van der Waals surface area contributed by atoms with Gasteiger partial charge in [0.2, 0.25) is 0 Å². The number of rotatable bonds is 1. The predicted molar refractivity (Wildman–Crippen MR) is 93.4 cm³/mol. The lowest BCUT2D eigenvalue weighted by Gasteiger charge is -2.31. The molecule has 0 unspecified atom stereocenters. The average Bonchev–Trinajstić information content (AvgIpc) is 2.43. The Hall–Kier alpha value is -2.39. The first kappa shape index (κ1) is 17.0. The highest BCUT2D eigenvalue weighted by Gasteiger charge is 2.33. The van der Waals surface area contributed by atoms with Gasteiger partial charge in [-0.25, -0.2) is 4.79 Å². The molecule has 6 heteroatoms. The van der Waals surface area contributed by atoms with Crippen molar-refractivity contribution in [3.05, 3.63) is 39.8 Å². The molecule has 0 spiro atoms. The molecule has 5 nitrogen and oxygen atoms in total. The molecule has 2 N–H and O–H groups in total. The molecule has 0 aliphatic rings. The molecule has 0 amide bonds. The van der Waals surface area contributed by atoms with Crippen LogP contribution < -0.4 is 5.56 Å². The molecule has 0 radical (unpaired) electrons.